The molecule has 5 nitrogen and oxygen atoms in total. The second-order valence-electron chi connectivity index (χ2n) is 5.33. The Kier molecular flexibility index (Phi) is 4.22. The molecule has 0 atom stereocenters. The van der Waals surface area contributed by atoms with Gasteiger partial charge in [-0.1, -0.05) is 12.1 Å². The lowest BCUT2D eigenvalue weighted by molar-refractivity contribution is -0.00550. The van der Waals surface area contributed by atoms with Crippen LogP contribution in [0.3, 0.4) is 0 Å². The lowest BCUT2D eigenvalue weighted by atomic mass is 10.1. The summed E-state index contributed by atoms with van der Waals surface area (Å²) >= 11 is 0. The fourth-order valence-corrected chi connectivity index (χ4v) is 2.88. The van der Waals surface area contributed by atoms with Crippen LogP contribution in [0.25, 0.3) is 10.9 Å². The van der Waals surface area contributed by atoms with Crippen molar-refractivity contribution in [3.63, 3.8) is 0 Å². The summed E-state index contributed by atoms with van der Waals surface area (Å²) in [5, 5.41) is 9.83. The first kappa shape index (κ1) is 14.1. The summed E-state index contributed by atoms with van der Waals surface area (Å²) in [6.45, 7) is 1.83. The molecule has 2 heterocycles. The van der Waals surface area contributed by atoms with E-state index in [1.54, 1.807) is 0 Å². The number of piperidine rings is 1. The number of ether oxygens (including phenoxy) is 1. The molecule has 112 valence electrons. The first-order chi connectivity index (χ1) is 10.3. The Morgan fingerprint density at radius 3 is 2.90 bits per heavy atom. The molecule has 0 spiro atoms. The van der Waals surface area contributed by atoms with Crippen LogP contribution in [0.1, 0.15) is 23.2 Å². The molecular formula is C16H20N2O3. The first-order valence-corrected chi connectivity index (χ1v) is 7.37. The van der Waals surface area contributed by atoms with Crippen molar-refractivity contribution in [2.75, 3.05) is 26.3 Å². The van der Waals surface area contributed by atoms with Crippen molar-refractivity contribution < 1.29 is 14.6 Å². The number of amides is 1. The van der Waals surface area contributed by atoms with E-state index in [-0.39, 0.29) is 18.6 Å². The summed E-state index contributed by atoms with van der Waals surface area (Å²) in [5.74, 6) is 0.0728. The van der Waals surface area contributed by atoms with E-state index in [1.807, 2.05) is 35.4 Å². The number of fused-ring (bicyclic) bond motifs is 1. The normalized spacial score (nSPS) is 16.5. The number of aromatic amines is 1. The van der Waals surface area contributed by atoms with Gasteiger partial charge in [-0.15, -0.1) is 0 Å². The van der Waals surface area contributed by atoms with Gasteiger partial charge in [0.25, 0.3) is 5.91 Å². The SMILES string of the molecule is O=C(c1cccc2cc[nH]c12)N1CCC(OCCO)CC1. The minimum atomic E-state index is 0.0496. The highest BCUT2D eigenvalue weighted by molar-refractivity contribution is 6.05. The Bertz CT molecular complexity index is 615. The van der Waals surface area contributed by atoms with Gasteiger partial charge < -0.3 is 19.7 Å². The number of nitrogens with one attached hydrogen (secondary N) is 1. The van der Waals surface area contributed by atoms with Gasteiger partial charge in [0.1, 0.15) is 0 Å². The minimum Gasteiger partial charge on any atom is -0.394 e. The van der Waals surface area contributed by atoms with Crippen molar-refractivity contribution in [2.24, 2.45) is 0 Å². The lowest BCUT2D eigenvalue weighted by Crippen LogP contribution is -2.41. The predicted molar refractivity (Wildman–Crippen MR) is 80.3 cm³/mol. The van der Waals surface area contributed by atoms with Gasteiger partial charge >= 0.3 is 0 Å². The molecule has 21 heavy (non-hydrogen) atoms. The quantitative estimate of drug-likeness (QED) is 0.901. The molecule has 2 N–H and O–H groups in total. The number of aromatic nitrogens is 1. The van der Waals surface area contributed by atoms with E-state index >= 15 is 0 Å². The maximum Gasteiger partial charge on any atom is 0.255 e. The van der Waals surface area contributed by atoms with Crippen LogP contribution in [0.4, 0.5) is 0 Å². The molecule has 0 bridgehead atoms. The minimum absolute atomic E-state index is 0.0496. The first-order valence-electron chi connectivity index (χ1n) is 7.37. The highest BCUT2D eigenvalue weighted by Crippen LogP contribution is 2.21. The number of aliphatic hydroxyl groups excluding tert-OH is 1. The number of carbonyl (C=O) groups excluding carboxylic acids is 1. The average molecular weight is 288 g/mol. The number of carbonyl (C=O) groups is 1. The van der Waals surface area contributed by atoms with Gasteiger partial charge in [-0.25, -0.2) is 0 Å². The molecule has 1 aliphatic heterocycles. The zero-order chi connectivity index (χ0) is 14.7. The highest BCUT2D eigenvalue weighted by atomic mass is 16.5. The topological polar surface area (TPSA) is 65.6 Å². The summed E-state index contributed by atoms with van der Waals surface area (Å²) in [6, 6.07) is 7.76. The Morgan fingerprint density at radius 2 is 2.14 bits per heavy atom. The van der Waals surface area contributed by atoms with Crippen LogP contribution in [0.15, 0.2) is 30.5 Å². The molecule has 1 saturated heterocycles. The average Bonchev–Trinajstić information content (AvgIpc) is 3.01. The second kappa shape index (κ2) is 6.28. The van der Waals surface area contributed by atoms with Crippen molar-refractivity contribution in [1.29, 1.82) is 0 Å². The number of nitrogens with zero attached hydrogens (tertiary/aromatic N) is 1. The van der Waals surface area contributed by atoms with Gasteiger partial charge in [0.05, 0.1) is 30.4 Å². The van der Waals surface area contributed by atoms with E-state index in [2.05, 4.69) is 4.98 Å². The Morgan fingerprint density at radius 1 is 1.33 bits per heavy atom. The van der Waals surface area contributed by atoms with E-state index in [9.17, 15) is 4.79 Å². The monoisotopic (exact) mass is 288 g/mol. The zero-order valence-electron chi connectivity index (χ0n) is 11.9. The number of benzene rings is 1. The molecule has 1 aromatic carbocycles. The third kappa shape index (κ3) is 2.94. The Hall–Kier alpha value is -1.85. The Balaban J connectivity index is 1.68. The molecule has 0 aliphatic carbocycles. The van der Waals surface area contributed by atoms with E-state index < -0.39 is 0 Å². The van der Waals surface area contributed by atoms with Crippen LogP contribution < -0.4 is 0 Å². The van der Waals surface area contributed by atoms with Crippen molar-refractivity contribution in [1.82, 2.24) is 9.88 Å². The van der Waals surface area contributed by atoms with Crippen LogP contribution in [0.2, 0.25) is 0 Å². The van der Waals surface area contributed by atoms with E-state index in [1.165, 1.54) is 0 Å². The van der Waals surface area contributed by atoms with Crippen LogP contribution in [-0.2, 0) is 4.74 Å². The number of hydrogen-bond donors (Lipinski definition) is 2. The zero-order valence-corrected chi connectivity index (χ0v) is 11.9. The fourth-order valence-electron chi connectivity index (χ4n) is 2.88. The summed E-state index contributed by atoms with van der Waals surface area (Å²) in [5.41, 5.74) is 1.63. The third-order valence-corrected chi connectivity index (χ3v) is 3.99. The van der Waals surface area contributed by atoms with Gasteiger partial charge in [-0.3, -0.25) is 4.79 Å². The lowest BCUT2D eigenvalue weighted by Gasteiger charge is -2.32. The van der Waals surface area contributed by atoms with Crippen LogP contribution >= 0.6 is 0 Å². The maximum atomic E-state index is 12.7. The second-order valence-corrected chi connectivity index (χ2v) is 5.33. The van der Waals surface area contributed by atoms with Gasteiger partial charge in [-0.2, -0.15) is 0 Å². The highest BCUT2D eigenvalue weighted by Gasteiger charge is 2.25. The van der Waals surface area contributed by atoms with Crippen molar-refractivity contribution in [3.05, 3.63) is 36.0 Å². The van der Waals surface area contributed by atoms with Crippen LogP contribution in [0.5, 0.6) is 0 Å². The number of rotatable bonds is 4. The summed E-state index contributed by atoms with van der Waals surface area (Å²) < 4.78 is 5.53. The molecule has 2 aromatic rings. The predicted octanol–water partition coefficient (Wildman–Crippen LogP) is 1.78. The van der Waals surface area contributed by atoms with E-state index in [0.717, 1.165) is 29.3 Å². The van der Waals surface area contributed by atoms with Gasteiger partial charge in [0, 0.05) is 24.7 Å². The van der Waals surface area contributed by atoms with E-state index in [0.29, 0.717) is 19.7 Å². The molecule has 0 radical (unpaired) electrons. The van der Waals surface area contributed by atoms with Crippen LogP contribution in [-0.4, -0.2) is 53.3 Å². The Labute approximate surface area is 123 Å². The maximum absolute atomic E-state index is 12.7. The van der Waals surface area contributed by atoms with Crippen molar-refractivity contribution >= 4 is 16.8 Å². The number of H-pyrrole nitrogens is 1. The number of aliphatic hydroxyl groups is 1. The molecule has 1 aliphatic rings. The van der Waals surface area contributed by atoms with E-state index in [4.69, 9.17) is 9.84 Å². The fraction of sp³-hybridized carbons (Fsp3) is 0.438. The van der Waals surface area contributed by atoms with Gasteiger partial charge in [-0.05, 0) is 25.0 Å². The summed E-state index contributed by atoms with van der Waals surface area (Å²) in [4.78, 5) is 17.7. The van der Waals surface area contributed by atoms with Crippen LogP contribution in [0, 0.1) is 0 Å². The third-order valence-electron chi connectivity index (χ3n) is 3.99. The smallest absolute Gasteiger partial charge is 0.255 e. The molecular weight excluding hydrogens is 268 g/mol. The summed E-state index contributed by atoms with van der Waals surface area (Å²) in [6.07, 6.45) is 3.66. The summed E-state index contributed by atoms with van der Waals surface area (Å²) in [7, 11) is 0. The standard InChI is InChI=1S/C16H20N2O3/c19-10-11-21-13-5-8-18(9-6-13)16(20)14-3-1-2-12-4-7-17-15(12)14/h1-4,7,13,17,19H,5-6,8-11H2. The molecule has 1 amide bonds. The number of para-hydroxylation sites is 1. The molecule has 0 saturated carbocycles. The number of hydrogen-bond acceptors (Lipinski definition) is 3. The molecule has 1 fully saturated rings. The molecule has 5 heteroatoms. The molecule has 0 unspecified atom stereocenters. The van der Waals surface area contributed by atoms with Gasteiger partial charge in [0.15, 0.2) is 0 Å². The molecule has 1 aromatic heterocycles. The largest absolute Gasteiger partial charge is 0.394 e. The van der Waals surface area contributed by atoms with Crippen molar-refractivity contribution in [2.45, 2.75) is 18.9 Å². The van der Waals surface area contributed by atoms with Crippen molar-refractivity contribution in [3.8, 4) is 0 Å². The molecule has 3 rings (SSSR count). The number of likely N-dealkylation sites (tertiary alicyclic amines) is 1. The van der Waals surface area contributed by atoms with Gasteiger partial charge in [0.2, 0.25) is 0 Å².